The average molecular weight is 397 g/mol. The predicted molar refractivity (Wildman–Crippen MR) is 103 cm³/mol. The van der Waals surface area contributed by atoms with Gasteiger partial charge in [-0.25, -0.2) is 18.7 Å². The van der Waals surface area contributed by atoms with Crippen LogP contribution >= 0.6 is 0 Å². The van der Waals surface area contributed by atoms with Crippen molar-refractivity contribution in [2.24, 2.45) is 5.16 Å². The molecule has 29 heavy (non-hydrogen) atoms. The number of carbonyl (C=O) groups is 1. The van der Waals surface area contributed by atoms with Crippen molar-refractivity contribution in [3.8, 4) is 5.88 Å². The second-order valence-corrected chi connectivity index (χ2v) is 5.91. The zero-order valence-electron chi connectivity index (χ0n) is 15.7. The van der Waals surface area contributed by atoms with Crippen molar-refractivity contribution in [2.75, 3.05) is 5.32 Å². The summed E-state index contributed by atoms with van der Waals surface area (Å²) in [5, 5.41) is 6.46. The van der Waals surface area contributed by atoms with Gasteiger partial charge >= 0.3 is 0 Å². The monoisotopic (exact) mass is 397 g/mol. The molecule has 148 valence electrons. The Morgan fingerprint density at radius 1 is 1.10 bits per heavy atom. The van der Waals surface area contributed by atoms with Crippen LogP contribution in [0, 0.1) is 18.6 Å². The zero-order chi connectivity index (χ0) is 20.8. The van der Waals surface area contributed by atoms with Gasteiger partial charge in [0, 0.05) is 24.2 Å². The summed E-state index contributed by atoms with van der Waals surface area (Å²) in [6.07, 6.45) is 5.08. The smallest absolute Gasteiger partial charge is 0.270 e. The Bertz CT molecular complexity index is 1030. The van der Waals surface area contributed by atoms with Gasteiger partial charge in [-0.1, -0.05) is 18.1 Å². The molecule has 0 saturated heterocycles. The Balaban J connectivity index is 1.74. The molecule has 0 unspecified atom stereocenters. The first-order valence-electron chi connectivity index (χ1n) is 8.73. The number of amides is 1. The molecule has 7 nitrogen and oxygen atoms in total. The molecule has 1 aromatic carbocycles. The summed E-state index contributed by atoms with van der Waals surface area (Å²) in [7, 11) is 0. The van der Waals surface area contributed by atoms with E-state index in [0.29, 0.717) is 29.3 Å². The summed E-state index contributed by atoms with van der Waals surface area (Å²) in [6, 6.07) is 6.37. The normalized spacial score (nSPS) is 11.2. The maximum absolute atomic E-state index is 13.7. The fourth-order valence-corrected chi connectivity index (χ4v) is 2.44. The van der Waals surface area contributed by atoms with E-state index in [2.05, 4.69) is 25.4 Å². The van der Waals surface area contributed by atoms with Crippen LogP contribution in [0.1, 0.15) is 35.0 Å². The minimum Gasteiger partial charge on any atom is -0.334 e. The van der Waals surface area contributed by atoms with Gasteiger partial charge in [0.05, 0.1) is 5.71 Å². The van der Waals surface area contributed by atoms with Crippen molar-refractivity contribution in [1.29, 1.82) is 0 Å². The molecule has 0 aliphatic rings. The van der Waals surface area contributed by atoms with Crippen molar-refractivity contribution in [1.82, 2.24) is 15.0 Å². The molecule has 0 fully saturated rings. The third-order valence-electron chi connectivity index (χ3n) is 3.94. The van der Waals surface area contributed by atoms with Crippen molar-refractivity contribution in [3.05, 3.63) is 77.4 Å². The van der Waals surface area contributed by atoms with Crippen LogP contribution in [0.15, 0.2) is 54.1 Å². The summed E-state index contributed by atoms with van der Waals surface area (Å²) in [4.78, 5) is 29.7. The van der Waals surface area contributed by atoms with Crippen LogP contribution in [0.3, 0.4) is 0 Å². The molecule has 0 aliphatic carbocycles. The second kappa shape index (κ2) is 8.96. The molecule has 0 aliphatic heterocycles. The molecule has 9 heteroatoms. The number of pyridine rings is 1. The second-order valence-electron chi connectivity index (χ2n) is 5.91. The van der Waals surface area contributed by atoms with Crippen LogP contribution in [0.25, 0.3) is 0 Å². The van der Waals surface area contributed by atoms with Gasteiger partial charge < -0.3 is 10.2 Å². The summed E-state index contributed by atoms with van der Waals surface area (Å²) >= 11 is 0. The zero-order valence-corrected chi connectivity index (χ0v) is 15.7. The number of hydrogen-bond acceptors (Lipinski definition) is 6. The lowest BCUT2D eigenvalue weighted by Gasteiger charge is -2.08. The van der Waals surface area contributed by atoms with E-state index >= 15 is 0 Å². The predicted octanol–water partition coefficient (Wildman–Crippen LogP) is 3.90. The average Bonchev–Trinajstić information content (AvgIpc) is 2.70. The Morgan fingerprint density at radius 3 is 2.45 bits per heavy atom. The first-order chi connectivity index (χ1) is 14.0. The Kier molecular flexibility index (Phi) is 6.18. The lowest BCUT2D eigenvalue weighted by molar-refractivity contribution is 0.101. The summed E-state index contributed by atoms with van der Waals surface area (Å²) < 4.78 is 27.4. The van der Waals surface area contributed by atoms with E-state index < -0.39 is 23.1 Å². The summed E-state index contributed by atoms with van der Waals surface area (Å²) in [6.45, 7) is 3.64. The van der Waals surface area contributed by atoms with Crippen molar-refractivity contribution in [2.45, 2.75) is 20.3 Å². The van der Waals surface area contributed by atoms with Crippen LogP contribution in [0.5, 0.6) is 5.88 Å². The highest BCUT2D eigenvalue weighted by Gasteiger charge is 2.17. The molecule has 2 aromatic heterocycles. The summed E-state index contributed by atoms with van der Waals surface area (Å²) in [5.41, 5.74) is 1.19. The minimum atomic E-state index is -0.948. The summed E-state index contributed by atoms with van der Waals surface area (Å²) in [5.74, 6) is -2.39. The van der Waals surface area contributed by atoms with Gasteiger partial charge in [0.1, 0.15) is 28.7 Å². The fourth-order valence-electron chi connectivity index (χ4n) is 2.44. The van der Waals surface area contributed by atoms with E-state index in [-0.39, 0.29) is 5.82 Å². The lowest BCUT2D eigenvalue weighted by atomic mass is 10.1. The Hall–Kier alpha value is -3.75. The molecule has 0 bridgehead atoms. The Morgan fingerprint density at radius 2 is 1.83 bits per heavy atom. The first kappa shape index (κ1) is 20.0. The van der Waals surface area contributed by atoms with Gasteiger partial charge in [0.25, 0.3) is 11.8 Å². The molecule has 3 rings (SSSR count). The van der Waals surface area contributed by atoms with Crippen molar-refractivity contribution >= 4 is 17.4 Å². The van der Waals surface area contributed by atoms with Crippen molar-refractivity contribution < 1.29 is 18.4 Å². The molecule has 0 saturated carbocycles. The highest BCUT2D eigenvalue weighted by Crippen LogP contribution is 2.16. The van der Waals surface area contributed by atoms with Gasteiger partial charge in [-0.15, -0.1) is 0 Å². The minimum absolute atomic E-state index is 0.141. The van der Waals surface area contributed by atoms with E-state index in [1.54, 1.807) is 19.2 Å². The largest absolute Gasteiger partial charge is 0.334 e. The highest BCUT2D eigenvalue weighted by molar-refractivity contribution is 6.04. The number of rotatable bonds is 6. The lowest BCUT2D eigenvalue weighted by Crippen LogP contribution is -2.16. The maximum Gasteiger partial charge on any atom is 0.270 e. The van der Waals surface area contributed by atoms with E-state index in [1.807, 2.05) is 6.92 Å². The number of aryl methyl sites for hydroxylation is 1. The topological polar surface area (TPSA) is 89.4 Å². The number of nitrogens with one attached hydrogen (secondary N) is 1. The number of halogens is 2. The molecule has 2 heterocycles. The molecule has 1 N–H and O–H groups in total. The molecular formula is C20H17F2N5O2. The molecular weight excluding hydrogens is 380 g/mol. The number of hydrogen-bond donors (Lipinski definition) is 1. The van der Waals surface area contributed by atoms with E-state index in [9.17, 15) is 13.6 Å². The van der Waals surface area contributed by atoms with E-state index in [1.165, 1.54) is 24.5 Å². The molecule has 3 aromatic rings. The molecule has 0 spiro atoms. The van der Waals surface area contributed by atoms with Crippen LogP contribution in [-0.4, -0.2) is 26.6 Å². The van der Waals surface area contributed by atoms with Gasteiger partial charge in [-0.2, -0.15) is 0 Å². The quantitative estimate of drug-likeness (QED) is 0.503. The van der Waals surface area contributed by atoms with E-state index in [4.69, 9.17) is 4.84 Å². The highest BCUT2D eigenvalue weighted by atomic mass is 19.1. The molecule has 0 atom stereocenters. The van der Waals surface area contributed by atoms with Crippen LogP contribution in [0.4, 0.5) is 14.6 Å². The van der Waals surface area contributed by atoms with Gasteiger partial charge in [-0.3, -0.25) is 9.78 Å². The van der Waals surface area contributed by atoms with Crippen LogP contribution in [0.2, 0.25) is 0 Å². The van der Waals surface area contributed by atoms with Gasteiger partial charge in [-0.05, 0) is 37.6 Å². The number of aromatic nitrogens is 3. The number of anilines is 1. The third-order valence-corrected chi connectivity index (χ3v) is 3.94. The number of oxime groups is 1. The first-order valence-corrected chi connectivity index (χ1v) is 8.73. The van der Waals surface area contributed by atoms with E-state index in [0.717, 1.165) is 12.1 Å². The fraction of sp³-hybridized carbons (Fsp3) is 0.150. The van der Waals surface area contributed by atoms with Crippen LogP contribution < -0.4 is 10.2 Å². The number of nitrogens with zero attached hydrogens (tertiary/aromatic N) is 4. The van der Waals surface area contributed by atoms with Gasteiger partial charge in [0.15, 0.2) is 0 Å². The maximum atomic E-state index is 13.7. The standard InChI is InChI=1S/C20H17F2N5O2/c1-3-16(27-29-20-12(2)23-9-10-24-20)13-7-8-17(25-11-13)26-19(28)18-14(21)5-4-6-15(18)22/h4-11H,3H2,1-2H3,(H,25,26,28)/b27-16+. The van der Waals surface area contributed by atoms with Crippen molar-refractivity contribution in [3.63, 3.8) is 0 Å². The SMILES string of the molecule is CC/C(=N\Oc1nccnc1C)c1ccc(NC(=O)c2c(F)cccc2F)nc1. The van der Waals surface area contributed by atoms with Crippen LogP contribution in [-0.2, 0) is 0 Å². The molecule has 1 amide bonds. The van der Waals surface area contributed by atoms with Gasteiger partial charge in [0.2, 0.25) is 0 Å². The third kappa shape index (κ3) is 4.75. The number of carbonyl (C=O) groups excluding carboxylic acids is 1. The molecule has 0 radical (unpaired) electrons. The number of benzene rings is 1. The Labute approximate surface area is 165 Å².